The van der Waals surface area contributed by atoms with E-state index in [4.69, 9.17) is 0 Å². The van der Waals surface area contributed by atoms with Crippen LogP contribution in [0.4, 0.5) is 13.2 Å². The van der Waals surface area contributed by atoms with Crippen LogP contribution < -0.4 is 16.0 Å². The highest BCUT2D eigenvalue weighted by atomic mass is 19.4. The summed E-state index contributed by atoms with van der Waals surface area (Å²) in [6.45, 7) is 12.4. The topological polar surface area (TPSA) is 206 Å². The van der Waals surface area contributed by atoms with Crippen LogP contribution in [0, 0.1) is 17.8 Å². The number of likely N-dealkylation sites (tertiary alicyclic amines) is 2. The van der Waals surface area contributed by atoms with Gasteiger partial charge in [0.2, 0.25) is 35.4 Å². The van der Waals surface area contributed by atoms with Crippen molar-refractivity contribution in [3.63, 3.8) is 0 Å². The molecule has 2 aliphatic rings. The highest BCUT2D eigenvalue weighted by molar-refractivity contribution is 5.98. The molecular formula is C37H60F3N7O9. The third kappa shape index (κ3) is 12.8. The number of hydrogen-bond acceptors (Lipinski definition) is 8. The molecule has 318 valence electrons. The predicted octanol–water partition coefficient (Wildman–Crippen LogP) is 1.51. The van der Waals surface area contributed by atoms with Crippen LogP contribution >= 0.6 is 0 Å². The van der Waals surface area contributed by atoms with Crippen molar-refractivity contribution >= 4 is 47.3 Å². The Labute approximate surface area is 326 Å². The maximum absolute atomic E-state index is 14.1. The van der Waals surface area contributed by atoms with Crippen molar-refractivity contribution in [3.05, 3.63) is 0 Å². The Morgan fingerprint density at radius 3 is 1.43 bits per heavy atom. The molecule has 4 N–H and O–H groups in total. The molecule has 5 atom stereocenters. The van der Waals surface area contributed by atoms with Crippen molar-refractivity contribution in [3.8, 4) is 0 Å². The van der Waals surface area contributed by atoms with Gasteiger partial charge >= 0.3 is 18.1 Å². The van der Waals surface area contributed by atoms with E-state index >= 15 is 0 Å². The lowest BCUT2D eigenvalue weighted by Crippen LogP contribution is -2.64. The van der Waals surface area contributed by atoms with E-state index in [0.29, 0.717) is 39.0 Å². The molecular weight excluding hydrogens is 743 g/mol. The molecule has 0 spiro atoms. The Kier molecular flexibility index (Phi) is 17.1. The van der Waals surface area contributed by atoms with Gasteiger partial charge in [-0.15, -0.1) is 0 Å². The largest absolute Gasteiger partial charge is 0.481 e. The van der Waals surface area contributed by atoms with E-state index in [1.165, 1.54) is 23.9 Å². The number of carboxylic acid groups (broad SMARTS) is 1. The first-order valence-electron chi connectivity index (χ1n) is 19.1. The lowest BCUT2D eigenvalue weighted by atomic mass is 9.87. The zero-order chi connectivity index (χ0) is 42.9. The van der Waals surface area contributed by atoms with Crippen molar-refractivity contribution < 1.29 is 56.6 Å². The van der Waals surface area contributed by atoms with Gasteiger partial charge in [0.05, 0.1) is 12.8 Å². The van der Waals surface area contributed by atoms with Gasteiger partial charge in [0.15, 0.2) is 0 Å². The SMILES string of the molecule is CC(C)C[C@](C)(NC(=O)C(F)(F)F)C(=O)N(C)[C@H](C(=O)N[C@@H](CC(=O)N(C)[C@H](C(=O)N[C@@H](CC(=O)O)C(=O)N1CCCC1)C(C)C)C(=O)N1CCCC1)C(C)C. The molecule has 0 unspecified atom stereocenters. The Morgan fingerprint density at radius 1 is 0.679 bits per heavy atom. The smallest absolute Gasteiger partial charge is 0.471 e. The Balaban J connectivity index is 2.40. The first kappa shape index (κ1) is 47.7. The Bertz CT molecular complexity index is 1460. The summed E-state index contributed by atoms with van der Waals surface area (Å²) >= 11 is 0. The molecule has 19 heteroatoms. The number of aliphatic carboxylic acids is 1. The minimum atomic E-state index is -5.28. The molecule has 0 bridgehead atoms. The summed E-state index contributed by atoms with van der Waals surface area (Å²) in [5, 5.41) is 16.4. The van der Waals surface area contributed by atoms with E-state index < -0.39 is 108 Å². The van der Waals surface area contributed by atoms with Crippen LogP contribution in [0.2, 0.25) is 0 Å². The molecule has 16 nitrogen and oxygen atoms in total. The van der Waals surface area contributed by atoms with Crippen molar-refractivity contribution in [2.45, 2.75) is 129 Å². The van der Waals surface area contributed by atoms with E-state index in [9.17, 15) is 56.6 Å². The standard InChI is InChI=1S/C37H60F3N7O9/c1-21(2)20-36(7,43-34(55)37(38,39)40)35(56)45(9)29(23(5)6)31(52)41-24(32(53)46-14-10-11-15-46)18-26(48)44(8)28(22(3)4)30(51)42-25(19-27(49)50)33(54)47-16-12-13-17-47/h21-25,28-29H,10-20H2,1-9H3,(H,41,52)(H,42,51)(H,43,55)(H,49,50)/t24-,25-,28-,29-,36-/m0/s1. The van der Waals surface area contributed by atoms with Crippen LogP contribution in [0.1, 0.15) is 93.4 Å². The minimum absolute atomic E-state index is 0.199. The quantitative estimate of drug-likeness (QED) is 0.158. The molecule has 2 rings (SSSR count). The first-order valence-corrected chi connectivity index (χ1v) is 19.1. The van der Waals surface area contributed by atoms with E-state index in [1.54, 1.807) is 46.9 Å². The van der Waals surface area contributed by atoms with E-state index in [2.05, 4.69) is 10.6 Å². The summed E-state index contributed by atoms with van der Waals surface area (Å²) in [7, 11) is 2.52. The summed E-state index contributed by atoms with van der Waals surface area (Å²) in [5.41, 5.74) is -2.07. The average Bonchev–Trinajstić information content (AvgIpc) is 3.81. The van der Waals surface area contributed by atoms with Crippen LogP contribution in [-0.4, -0.2) is 148 Å². The summed E-state index contributed by atoms with van der Waals surface area (Å²) < 4.78 is 39.9. The van der Waals surface area contributed by atoms with Crippen LogP contribution in [0.5, 0.6) is 0 Å². The van der Waals surface area contributed by atoms with Gasteiger partial charge in [-0.25, -0.2) is 0 Å². The van der Waals surface area contributed by atoms with Gasteiger partial charge in [-0.05, 0) is 56.8 Å². The number of alkyl halides is 3. The third-order valence-corrected chi connectivity index (χ3v) is 10.1. The summed E-state index contributed by atoms with van der Waals surface area (Å²) in [4.78, 5) is 111. The number of likely N-dealkylation sites (N-methyl/N-ethyl adjacent to an activating group) is 2. The van der Waals surface area contributed by atoms with Crippen LogP contribution in [-0.2, 0) is 38.4 Å². The maximum atomic E-state index is 14.1. The maximum Gasteiger partial charge on any atom is 0.471 e. The molecule has 0 aliphatic carbocycles. The number of rotatable bonds is 18. The van der Waals surface area contributed by atoms with E-state index in [0.717, 1.165) is 29.6 Å². The Hall–Kier alpha value is -4.45. The predicted molar refractivity (Wildman–Crippen MR) is 197 cm³/mol. The monoisotopic (exact) mass is 803 g/mol. The highest BCUT2D eigenvalue weighted by Crippen LogP contribution is 2.26. The van der Waals surface area contributed by atoms with Gasteiger partial charge < -0.3 is 40.7 Å². The molecule has 0 aromatic rings. The van der Waals surface area contributed by atoms with Crippen LogP contribution in [0.15, 0.2) is 0 Å². The average molecular weight is 804 g/mol. The van der Waals surface area contributed by atoms with Crippen molar-refractivity contribution in [1.82, 2.24) is 35.6 Å². The van der Waals surface area contributed by atoms with Gasteiger partial charge in [0.25, 0.3) is 0 Å². The van der Waals surface area contributed by atoms with Gasteiger partial charge in [0, 0.05) is 40.3 Å². The number of carbonyl (C=O) groups is 8. The van der Waals surface area contributed by atoms with Crippen LogP contribution in [0.25, 0.3) is 0 Å². The molecule has 0 radical (unpaired) electrons. The molecule has 2 heterocycles. The number of nitrogens with zero attached hydrogens (tertiary/aromatic N) is 4. The van der Waals surface area contributed by atoms with Gasteiger partial charge in [-0.3, -0.25) is 38.4 Å². The van der Waals surface area contributed by atoms with Gasteiger partial charge in [0.1, 0.15) is 29.7 Å². The normalized spacial score (nSPS) is 17.8. The third-order valence-electron chi connectivity index (χ3n) is 10.1. The van der Waals surface area contributed by atoms with Crippen LogP contribution in [0.3, 0.4) is 0 Å². The fourth-order valence-corrected chi connectivity index (χ4v) is 7.58. The molecule has 0 aromatic carbocycles. The zero-order valence-electron chi connectivity index (χ0n) is 34.0. The van der Waals surface area contributed by atoms with Gasteiger partial charge in [-0.2, -0.15) is 13.2 Å². The molecule has 2 fully saturated rings. The van der Waals surface area contributed by atoms with Crippen molar-refractivity contribution in [1.29, 1.82) is 0 Å². The van der Waals surface area contributed by atoms with E-state index in [1.807, 2.05) is 0 Å². The minimum Gasteiger partial charge on any atom is -0.481 e. The number of nitrogens with one attached hydrogen (secondary N) is 3. The Morgan fingerprint density at radius 2 is 1.07 bits per heavy atom. The second kappa shape index (κ2) is 20.1. The van der Waals surface area contributed by atoms with Gasteiger partial charge in [-0.1, -0.05) is 41.5 Å². The number of amides is 7. The molecule has 0 aromatic heterocycles. The van der Waals surface area contributed by atoms with Crippen molar-refractivity contribution in [2.75, 3.05) is 40.3 Å². The zero-order valence-corrected chi connectivity index (χ0v) is 34.0. The number of hydrogen-bond donors (Lipinski definition) is 4. The second-order valence-corrected chi connectivity index (χ2v) is 16.2. The number of carbonyl (C=O) groups excluding carboxylic acids is 7. The fourth-order valence-electron chi connectivity index (χ4n) is 7.58. The summed E-state index contributed by atoms with van der Waals surface area (Å²) in [5.74, 6) is -9.75. The summed E-state index contributed by atoms with van der Waals surface area (Å²) in [6.07, 6.45) is -3.97. The molecule has 56 heavy (non-hydrogen) atoms. The second-order valence-electron chi connectivity index (χ2n) is 16.2. The number of carboxylic acids is 1. The lowest BCUT2D eigenvalue weighted by Gasteiger charge is -2.39. The lowest BCUT2D eigenvalue weighted by molar-refractivity contribution is -0.177. The van der Waals surface area contributed by atoms with E-state index in [-0.39, 0.29) is 12.3 Å². The summed E-state index contributed by atoms with van der Waals surface area (Å²) in [6, 6.07) is -5.46. The number of halogens is 3. The molecule has 2 saturated heterocycles. The highest BCUT2D eigenvalue weighted by Gasteiger charge is 2.48. The fraction of sp³-hybridized carbons (Fsp3) is 0.784. The molecule has 0 saturated carbocycles. The van der Waals surface area contributed by atoms with Crippen molar-refractivity contribution in [2.24, 2.45) is 17.8 Å². The molecule has 2 aliphatic heterocycles. The first-order chi connectivity index (χ1) is 25.8. The molecule has 7 amide bonds.